The number of fused-ring (bicyclic) bond motifs is 1. The van der Waals surface area contributed by atoms with Gasteiger partial charge < -0.3 is 5.73 Å². The molecule has 0 saturated carbocycles. The maximum atomic E-state index is 12.8. The largest absolute Gasteiger partial charge is 0.368 e. The Hall–Kier alpha value is -1.25. The van der Waals surface area contributed by atoms with Crippen molar-refractivity contribution >= 4 is 16.0 Å². The average Bonchev–Trinajstić information content (AvgIpc) is 2.47. The first-order chi connectivity index (χ1) is 9.98. The lowest BCUT2D eigenvalue weighted by atomic mass is 9.99. The summed E-state index contributed by atoms with van der Waals surface area (Å²) in [5.74, 6) is 0.0825. The van der Waals surface area contributed by atoms with Crippen molar-refractivity contribution in [1.29, 1.82) is 0 Å². The molecule has 2 fully saturated rings. The highest BCUT2D eigenvalue weighted by molar-refractivity contribution is 7.89. The molecule has 2 atom stereocenters. The number of hydrogen-bond acceptors (Lipinski definition) is 6. The Morgan fingerprint density at radius 3 is 2.67 bits per heavy atom. The number of piperazine rings is 1. The van der Waals surface area contributed by atoms with E-state index in [2.05, 4.69) is 14.9 Å². The lowest BCUT2D eigenvalue weighted by molar-refractivity contribution is 0.0564. The maximum absolute atomic E-state index is 12.8. The molecule has 21 heavy (non-hydrogen) atoms. The second-order valence-corrected chi connectivity index (χ2v) is 7.74. The van der Waals surface area contributed by atoms with Crippen LogP contribution in [0.3, 0.4) is 0 Å². The topological polar surface area (TPSA) is 92.4 Å². The molecule has 2 N–H and O–H groups in total. The molecular weight excluding hydrogens is 290 g/mol. The van der Waals surface area contributed by atoms with Gasteiger partial charge in [-0.15, -0.1) is 0 Å². The summed E-state index contributed by atoms with van der Waals surface area (Å²) in [5, 5.41) is 0. The molecule has 0 aromatic carbocycles. The van der Waals surface area contributed by atoms with Crippen molar-refractivity contribution in [3.8, 4) is 0 Å². The molecule has 2 saturated heterocycles. The van der Waals surface area contributed by atoms with E-state index in [4.69, 9.17) is 5.73 Å². The Morgan fingerprint density at radius 1 is 1.24 bits per heavy atom. The van der Waals surface area contributed by atoms with Crippen LogP contribution in [0, 0.1) is 0 Å². The van der Waals surface area contributed by atoms with Crippen molar-refractivity contribution < 1.29 is 8.42 Å². The van der Waals surface area contributed by atoms with Gasteiger partial charge in [0.25, 0.3) is 0 Å². The van der Waals surface area contributed by atoms with Gasteiger partial charge in [0, 0.05) is 25.2 Å². The highest BCUT2D eigenvalue weighted by Crippen LogP contribution is 2.28. The Balaban J connectivity index is 1.86. The molecule has 3 rings (SSSR count). The third kappa shape index (κ3) is 2.75. The molecule has 1 aromatic rings. The van der Waals surface area contributed by atoms with Gasteiger partial charge in [-0.25, -0.2) is 18.4 Å². The molecule has 0 radical (unpaired) electrons. The lowest BCUT2D eigenvalue weighted by Crippen LogP contribution is -2.59. The van der Waals surface area contributed by atoms with E-state index in [1.807, 2.05) is 6.92 Å². The molecule has 2 aliphatic heterocycles. The molecule has 1 aromatic heterocycles. The molecule has 7 nitrogen and oxygen atoms in total. The van der Waals surface area contributed by atoms with E-state index in [0.717, 1.165) is 19.5 Å². The van der Waals surface area contributed by atoms with Crippen LogP contribution in [0.1, 0.15) is 26.2 Å². The molecule has 2 unspecified atom stereocenters. The van der Waals surface area contributed by atoms with Crippen molar-refractivity contribution in [3.05, 3.63) is 12.4 Å². The Bertz CT molecular complexity index is 603. The monoisotopic (exact) mass is 311 g/mol. The summed E-state index contributed by atoms with van der Waals surface area (Å²) in [6.07, 6.45) is 6.03. The first-order valence-corrected chi connectivity index (χ1v) is 8.76. The maximum Gasteiger partial charge on any atom is 0.246 e. The van der Waals surface area contributed by atoms with Crippen LogP contribution in [0.5, 0.6) is 0 Å². The van der Waals surface area contributed by atoms with Gasteiger partial charge in [-0.2, -0.15) is 4.31 Å². The van der Waals surface area contributed by atoms with Gasteiger partial charge in [0.1, 0.15) is 4.90 Å². The summed E-state index contributed by atoms with van der Waals surface area (Å²) in [4.78, 5) is 10.1. The highest BCUT2D eigenvalue weighted by atomic mass is 32.2. The molecule has 3 heterocycles. The van der Waals surface area contributed by atoms with Crippen LogP contribution in [0.2, 0.25) is 0 Å². The van der Waals surface area contributed by atoms with Crippen LogP contribution < -0.4 is 5.73 Å². The predicted octanol–water partition coefficient (Wildman–Crippen LogP) is 0.306. The third-order valence-corrected chi connectivity index (χ3v) is 6.32. The molecule has 8 heteroatoms. The van der Waals surface area contributed by atoms with Gasteiger partial charge in [0.2, 0.25) is 16.0 Å². The fraction of sp³-hybridized carbons (Fsp3) is 0.692. The minimum absolute atomic E-state index is 0.0399. The summed E-state index contributed by atoms with van der Waals surface area (Å²) in [7, 11) is -3.55. The number of nitrogens with zero attached hydrogens (tertiary/aromatic N) is 4. The summed E-state index contributed by atoms with van der Waals surface area (Å²) < 4.78 is 27.1. The summed E-state index contributed by atoms with van der Waals surface area (Å²) in [6.45, 7) is 4.38. The number of piperidine rings is 1. The number of aromatic nitrogens is 2. The first-order valence-electron chi connectivity index (χ1n) is 7.32. The van der Waals surface area contributed by atoms with E-state index >= 15 is 0 Å². The van der Waals surface area contributed by atoms with Crippen LogP contribution in [0.15, 0.2) is 17.3 Å². The van der Waals surface area contributed by atoms with Gasteiger partial charge >= 0.3 is 0 Å². The van der Waals surface area contributed by atoms with Crippen molar-refractivity contribution in [3.63, 3.8) is 0 Å². The van der Waals surface area contributed by atoms with E-state index in [1.54, 1.807) is 4.31 Å². The summed E-state index contributed by atoms with van der Waals surface area (Å²) in [6, 6.07) is 0.293. The number of anilines is 1. The van der Waals surface area contributed by atoms with Crippen LogP contribution in [-0.4, -0.2) is 59.3 Å². The van der Waals surface area contributed by atoms with Crippen LogP contribution >= 0.6 is 0 Å². The van der Waals surface area contributed by atoms with Crippen LogP contribution in [0.25, 0.3) is 0 Å². The molecule has 2 aliphatic rings. The molecule has 0 aliphatic carbocycles. The zero-order valence-corrected chi connectivity index (χ0v) is 13.0. The smallest absolute Gasteiger partial charge is 0.246 e. The van der Waals surface area contributed by atoms with Crippen molar-refractivity contribution in [2.75, 3.05) is 25.4 Å². The van der Waals surface area contributed by atoms with E-state index in [1.165, 1.54) is 25.2 Å². The molecule has 116 valence electrons. The second kappa shape index (κ2) is 5.51. The quantitative estimate of drug-likeness (QED) is 0.845. The minimum atomic E-state index is -3.55. The van der Waals surface area contributed by atoms with Crippen molar-refractivity contribution in [1.82, 2.24) is 19.2 Å². The standard InChI is InChI=1S/C13H21N5O2S/c1-10-8-17-5-3-2-4-11(17)9-18(10)21(19,20)12-6-15-13(14)16-7-12/h6-7,10-11H,2-5,8-9H2,1H3,(H2,14,15,16). The van der Waals surface area contributed by atoms with E-state index in [9.17, 15) is 8.42 Å². The third-order valence-electron chi connectivity index (χ3n) is 4.38. The van der Waals surface area contributed by atoms with Gasteiger partial charge in [-0.3, -0.25) is 4.90 Å². The fourth-order valence-corrected chi connectivity index (χ4v) is 4.81. The summed E-state index contributed by atoms with van der Waals surface area (Å²) >= 11 is 0. The van der Waals surface area contributed by atoms with Crippen molar-refractivity contribution in [2.45, 2.75) is 43.2 Å². The molecular formula is C13H21N5O2S. The molecule has 0 amide bonds. The first kappa shape index (κ1) is 14.7. The zero-order valence-electron chi connectivity index (χ0n) is 12.1. The van der Waals surface area contributed by atoms with Crippen LogP contribution in [-0.2, 0) is 10.0 Å². The van der Waals surface area contributed by atoms with E-state index < -0.39 is 10.0 Å². The molecule has 0 spiro atoms. The minimum Gasteiger partial charge on any atom is -0.368 e. The SMILES string of the molecule is CC1CN2CCCCC2CN1S(=O)(=O)c1cnc(N)nc1. The number of hydrogen-bond donors (Lipinski definition) is 1. The van der Waals surface area contributed by atoms with Gasteiger partial charge in [-0.05, 0) is 26.3 Å². The normalized spacial score (nSPS) is 28.2. The van der Waals surface area contributed by atoms with Gasteiger partial charge in [0.05, 0.1) is 12.4 Å². The Morgan fingerprint density at radius 2 is 1.95 bits per heavy atom. The van der Waals surface area contributed by atoms with Gasteiger partial charge in [-0.1, -0.05) is 6.42 Å². The number of nitrogen functional groups attached to an aromatic ring is 1. The zero-order chi connectivity index (χ0) is 15.0. The van der Waals surface area contributed by atoms with Gasteiger partial charge in [0.15, 0.2) is 0 Å². The van der Waals surface area contributed by atoms with Crippen LogP contribution in [0.4, 0.5) is 5.95 Å². The van der Waals surface area contributed by atoms with E-state index in [-0.39, 0.29) is 16.9 Å². The Labute approximate surface area is 125 Å². The second-order valence-electron chi connectivity index (χ2n) is 5.85. The van der Waals surface area contributed by atoms with Crippen molar-refractivity contribution in [2.24, 2.45) is 0 Å². The number of nitrogens with two attached hydrogens (primary N) is 1. The highest BCUT2D eigenvalue weighted by Gasteiger charge is 2.39. The molecule has 0 bridgehead atoms. The predicted molar refractivity (Wildman–Crippen MR) is 79.0 cm³/mol. The Kier molecular flexibility index (Phi) is 3.85. The lowest BCUT2D eigenvalue weighted by Gasteiger charge is -2.46. The summed E-state index contributed by atoms with van der Waals surface area (Å²) in [5.41, 5.74) is 5.43. The fourth-order valence-electron chi connectivity index (χ4n) is 3.26. The number of rotatable bonds is 2. The average molecular weight is 311 g/mol. The number of sulfonamides is 1. The van der Waals surface area contributed by atoms with E-state index in [0.29, 0.717) is 12.6 Å².